The molecule has 1 atom stereocenters. The zero-order chi connectivity index (χ0) is 6.69. The van der Waals surface area contributed by atoms with Crippen molar-refractivity contribution in [2.75, 3.05) is 0 Å². The van der Waals surface area contributed by atoms with Crippen LogP contribution in [0, 0.1) is 0 Å². The van der Waals surface area contributed by atoms with Crippen molar-refractivity contribution in [2.45, 2.75) is 25.4 Å². The van der Waals surface area contributed by atoms with Crippen LogP contribution >= 0.6 is 0 Å². The van der Waals surface area contributed by atoms with E-state index < -0.39 is 0 Å². The molecule has 0 saturated carbocycles. The van der Waals surface area contributed by atoms with Gasteiger partial charge < -0.3 is 5.11 Å². The highest BCUT2D eigenvalue weighted by atomic mass is 16.3. The Balaban J connectivity index is 2.59. The van der Waals surface area contributed by atoms with Crippen molar-refractivity contribution in [1.29, 1.82) is 0 Å². The molecule has 0 radical (unpaired) electrons. The lowest BCUT2D eigenvalue weighted by molar-refractivity contribution is 0.203. The zero-order valence-corrected chi connectivity index (χ0v) is 5.51. The van der Waals surface area contributed by atoms with Crippen LogP contribution < -0.4 is 0 Å². The lowest BCUT2D eigenvalue weighted by Crippen LogP contribution is -2.07. The molecule has 0 aromatic rings. The third-order valence-corrected chi connectivity index (χ3v) is 1.63. The van der Waals surface area contributed by atoms with Crippen molar-refractivity contribution in [1.82, 2.24) is 0 Å². The van der Waals surface area contributed by atoms with Crippen molar-refractivity contribution in [2.24, 2.45) is 0 Å². The molecule has 1 unspecified atom stereocenters. The zero-order valence-electron chi connectivity index (χ0n) is 5.51. The van der Waals surface area contributed by atoms with Crippen LogP contribution in [0.3, 0.4) is 0 Å². The van der Waals surface area contributed by atoms with Crippen LogP contribution in [0.25, 0.3) is 0 Å². The molecular formula is C8H12O. The molecule has 0 fully saturated rings. The van der Waals surface area contributed by atoms with Crippen molar-refractivity contribution in [3.05, 3.63) is 24.3 Å². The summed E-state index contributed by atoms with van der Waals surface area (Å²) in [5, 5.41) is 9.09. The highest BCUT2D eigenvalue weighted by Crippen LogP contribution is 2.17. The van der Waals surface area contributed by atoms with Crippen molar-refractivity contribution in [3.63, 3.8) is 0 Å². The van der Waals surface area contributed by atoms with E-state index in [1.807, 2.05) is 12.2 Å². The van der Waals surface area contributed by atoms with Gasteiger partial charge in [-0.2, -0.15) is 0 Å². The van der Waals surface area contributed by atoms with Gasteiger partial charge in [0.05, 0.1) is 6.10 Å². The lowest BCUT2D eigenvalue weighted by Gasteiger charge is -2.13. The Labute approximate surface area is 55.7 Å². The van der Waals surface area contributed by atoms with Crippen LogP contribution in [0.4, 0.5) is 0 Å². The van der Waals surface area contributed by atoms with Gasteiger partial charge in [0.15, 0.2) is 0 Å². The van der Waals surface area contributed by atoms with Crippen molar-refractivity contribution < 1.29 is 5.11 Å². The van der Waals surface area contributed by atoms with E-state index in [2.05, 4.69) is 6.58 Å². The van der Waals surface area contributed by atoms with Gasteiger partial charge in [0.2, 0.25) is 0 Å². The van der Waals surface area contributed by atoms with Gasteiger partial charge in [-0.15, -0.1) is 0 Å². The molecule has 0 aromatic carbocycles. The number of hydrogen-bond acceptors (Lipinski definition) is 1. The van der Waals surface area contributed by atoms with E-state index in [9.17, 15) is 0 Å². The van der Waals surface area contributed by atoms with Crippen molar-refractivity contribution in [3.8, 4) is 0 Å². The Hall–Kier alpha value is -0.560. The maximum atomic E-state index is 9.09. The van der Waals surface area contributed by atoms with Gasteiger partial charge in [-0.05, 0) is 19.3 Å². The number of aliphatic hydroxyl groups is 1. The predicted molar refractivity (Wildman–Crippen MR) is 38.1 cm³/mol. The van der Waals surface area contributed by atoms with Crippen LogP contribution in [0.5, 0.6) is 0 Å². The summed E-state index contributed by atoms with van der Waals surface area (Å²) in [6, 6.07) is 0. The molecule has 1 nitrogen and oxygen atoms in total. The third kappa shape index (κ3) is 1.68. The van der Waals surface area contributed by atoms with Gasteiger partial charge >= 0.3 is 0 Å². The number of aliphatic hydroxyl groups excluding tert-OH is 1. The first kappa shape index (κ1) is 6.56. The molecule has 0 spiro atoms. The molecule has 1 heteroatoms. The molecule has 50 valence electrons. The van der Waals surface area contributed by atoms with Crippen LogP contribution in [-0.4, -0.2) is 11.2 Å². The minimum absolute atomic E-state index is 0.216. The van der Waals surface area contributed by atoms with Gasteiger partial charge in [-0.1, -0.05) is 24.3 Å². The first-order chi connectivity index (χ1) is 4.33. The fourth-order valence-electron chi connectivity index (χ4n) is 1.10. The van der Waals surface area contributed by atoms with E-state index in [0.717, 1.165) is 19.3 Å². The van der Waals surface area contributed by atoms with Crippen LogP contribution in [-0.2, 0) is 0 Å². The molecule has 0 aliphatic heterocycles. The number of rotatable bonds is 1. The minimum Gasteiger partial charge on any atom is -0.389 e. The Bertz CT molecular complexity index is 136. The summed E-state index contributed by atoms with van der Waals surface area (Å²) < 4.78 is 0. The molecule has 0 aromatic heterocycles. The molecule has 1 aliphatic rings. The van der Waals surface area contributed by atoms with E-state index in [1.54, 1.807) is 0 Å². The quantitative estimate of drug-likeness (QED) is 0.563. The maximum Gasteiger partial charge on any atom is 0.0726 e. The first-order valence-corrected chi connectivity index (χ1v) is 3.34. The van der Waals surface area contributed by atoms with Gasteiger partial charge in [-0.3, -0.25) is 0 Å². The SMILES string of the molecule is C=CC1=CC(O)CCC1. The summed E-state index contributed by atoms with van der Waals surface area (Å²) in [4.78, 5) is 0. The second-order valence-electron chi connectivity index (χ2n) is 2.41. The molecule has 0 heterocycles. The maximum absolute atomic E-state index is 9.09. The van der Waals surface area contributed by atoms with Crippen LogP contribution in [0.2, 0.25) is 0 Å². The summed E-state index contributed by atoms with van der Waals surface area (Å²) in [7, 11) is 0. The fourth-order valence-corrected chi connectivity index (χ4v) is 1.10. The molecular weight excluding hydrogens is 112 g/mol. The lowest BCUT2D eigenvalue weighted by atomic mass is 9.98. The van der Waals surface area contributed by atoms with E-state index in [1.165, 1.54) is 5.57 Å². The number of allylic oxidation sites excluding steroid dienone is 2. The summed E-state index contributed by atoms with van der Waals surface area (Å²) in [5.41, 5.74) is 1.19. The molecule has 1 aliphatic carbocycles. The molecule has 1 rings (SSSR count). The topological polar surface area (TPSA) is 20.2 Å². The highest BCUT2D eigenvalue weighted by molar-refractivity contribution is 5.19. The monoisotopic (exact) mass is 124 g/mol. The van der Waals surface area contributed by atoms with E-state index in [4.69, 9.17) is 5.11 Å². The Morgan fingerprint density at radius 2 is 2.56 bits per heavy atom. The second kappa shape index (κ2) is 2.83. The average molecular weight is 124 g/mol. The Morgan fingerprint density at radius 1 is 1.78 bits per heavy atom. The minimum atomic E-state index is -0.216. The van der Waals surface area contributed by atoms with Gasteiger partial charge in [0.1, 0.15) is 0 Å². The van der Waals surface area contributed by atoms with E-state index in [0.29, 0.717) is 0 Å². The first-order valence-electron chi connectivity index (χ1n) is 3.34. The van der Waals surface area contributed by atoms with E-state index in [-0.39, 0.29) is 6.10 Å². The molecule has 1 N–H and O–H groups in total. The molecule has 0 bridgehead atoms. The summed E-state index contributed by atoms with van der Waals surface area (Å²) in [6.45, 7) is 3.64. The largest absolute Gasteiger partial charge is 0.389 e. The standard InChI is InChI=1S/C8H12O/c1-2-7-4-3-5-8(9)6-7/h2,6,8-9H,1,3-5H2. The van der Waals surface area contributed by atoms with Crippen LogP contribution in [0.15, 0.2) is 24.3 Å². The summed E-state index contributed by atoms with van der Waals surface area (Å²) in [6.07, 6.45) is 6.59. The summed E-state index contributed by atoms with van der Waals surface area (Å²) in [5.74, 6) is 0. The Morgan fingerprint density at radius 3 is 3.00 bits per heavy atom. The normalized spacial score (nSPS) is 27.2. The smallest absolute Gasteiger partial charge is 0.0726 e. The number of hydrogen-bond donors (Lipinski definition) is 1. The molecule has 0 amide bonds. The Kier molecular flexibility index (Phi) is 2.06. The average Bonchev–Trinajstić information content (AvgIpc) is 1.88. The fraction of sp³-hybridized carbons (Fsp3) is 0.500. The molecule has 0 saturated heterocycles. The van der Waals surface area contributed by atoms with Crippen molar-refractivity contribution >= 4 is 0 Å². The van der Waals surface area contributed by atoms with E-state index >= 15 is 0 Å². The highest BCUT2D eigenvalue weighted by Gasteiger charge is 2.07. The van der Waals surface area contributed by atoms with Gasteiger partial charge in [0, 0.05) is 0 Å². The van der Waals surface area contributed by atoms with Gasteiger partial charge in [0.25, 0.3) is 0 Å². The van der Waals surface area contributed by atoms with Gasteiger partial charge in [-0.25, -0.2) is 0 Å². The molecule has 9 heavy (non-hydrogen) atoms. The second-order valence-corrected chi connectivity index (χ2v) is 2.41. The predicted octanol–water partition coefficient (Wildman–Crippen LogP) is 1.64. The summed E-state index contributed by atoms with van der Waals surface area (Å²) >= 11 is 0. The van der Waals surface area contributed by atoms with Crippen LogP contribution in [0.1, 0.15) is 19.3 Å². The third-order valence-electron chi connectivity index (χ3n) is 1.63.